The van der Waals surface area contributed by atoms with Crippen LogP contribution < -0.4 is 5.32 Å². The Balaban J connectivity index is 1.92. The lowest BCUT2D eigenvalue weighted by atomic mass is 9.79. The van der Waals surface area contributed by atoms with Crippen molar-refractivity contribution in [3.05, 3.63) is 23.8 Å². The Morgan fingerprint density at radius 2 is 2.05 bits per heavy atom. The SMILES string of the molecule is CC1(Nc2nc3cc(C(F)(F)F)ccc3s2)CCC1. The molecular weight excluding hydrogens is 273 g/mol. The van der Waals surface area contributed by atoms with E-state index in [1.807, 2.05) is 0 Å². The van der Waals surface area contributed by atoms with Crippen LogP contribution in [0, 0.1) is 0 Å². The number of nitrogens with one attached hydrogen (secondary N) is 1. The third-order valence-corrected chi connectivity index (χ3v) is 4.53. The van der Waals surface area contributed by atoms with Gasteiger partial charge in [0, 0.05) is 5.54 Å². The van der Waals surface area contributed by atoms with Crippen molar-refractivity contribution in [3.8, 4) is 0 Å². The van der Waals surface area contributed by atoms with Crippen LogP contribution in [0.3, 0.4) is 0 Å². The fourth-order valence-electron chi connectivity index (χ4n) is 2.25. The Labute approximate surface area is 112 Å². The predicted molar refractivity (Wildman–Crippen MR) is 70.5 cm³/mol. The topological polar surface area (TPSA) is 24.9 Å². The standard InChI is InChI=1S/C13H13F3N2S/c1-12(5-2-6-12)18-11-17-9-7-8(13(14,15)16)3-4-10(9)19-11/h3-4,7H,2,5-6H2,1H3,(H,17,18). The minimum Gasteiger partial charge on any atom is -0.356 e. The number of rotatable bonds is 2. The molecule has 1 saturated carbocycles. The summed E-state index contributed by atoms with van der Waals surface area (Å²) in [5, 5.41) is 4.03. The number of hydrogen-bond donors (Lipinski definition) is 1. The minimum absolute atomic E-state index is 0.0563. The molecule has 102 valence electrons. The van der Waals surface area contributed by atoms with Crippen LogP contribution in [0.2, 0.25) is 0 Å². The van der Waals surface area contributed by atoms with E-state index >= 15 is 0 Å². The first kappa shape index (κ1) is 12.7. The van der Waals surface area contributed by atoms with E-state index in [-0.39, 0.29) is 5.54 Å². The first-order valence-corrected chi connectivity index (χ1v) is 6.93. The Morgan fingerprint density at radius 3 is 2.63 bits per heavy atom. The summed E-state index contributed by atoms with van der Waals surface area (Å²) >= 11 is 1.40. The van der Waals surface area contributed by atoms with Crippen LogP contribution in [0.5, 0.6) is 0 Å². The van der Waals surface area contributed by atoms with Crippen molar-refractivity contribution in [1.82, 2.24) is 4.98 Å². The number of aromatic nitrogens is 1. The number of hydrogen-bond acceptors (Lipinski definition) is 3. The first-order valence-electron chi connectivity index (χ1n) is 6.12. The van der Waals surface area contributed by atoms with E-state index in [1.54, 1.807) is 0 Å². The minimum atomic E-state index is -4.31. The summed E-state index contributed by atoms with van der Waals surface area (Å²) in [5.74, 6) is 0. The average Bonchev–Trinajstić information content (AvgIpc) is 2.66. The molecule has 0 aliphatic heterocycles. The lowest BCUT2D eigenvalue weighted by Crippen LogP contribution is -2.41. The molecule has 0 saturated heterocycles. The van der Waals surface area contributed by atoms with E-state index in [4.69, 9.17) is 0 Å². The van der Waals surface area contributed by atoms with Crippen LogP contribution in [0.1, 0.15) is 31.7 Å². The molecule has 6 heteroatoms. The molecule has 0 bridgehead atoms. The maximum atomic E-state index is 12.6. The van der Waals surface area contributed by atoms with Gasteiger partial charge in [0.1, 0.15) is 0 Å². The van der Waals surface area contributed by atoms with Crippen molar-refractivity contribution >= 4 is 26.7 Å². The van der Waals surface area contributed by atoms with Crippen molar-refractivity contribution in [3.63, 3.8) is 0 Å². The number of fused-ring (bicyclic) bond motifs is 1. The molecule has 0 unspecified atom stereocenters. The van der Waals surface area contributed by atoms with Gasteiger partial charge in [-0.05, 0) is 44.4 Å². The summed E-state index contributed by atoms with van der Waals surface area (Å²) in [6.07, 6.45) is -0.967. The lowest BCUT2D eigenvalue weighted by molar-refractivity contribution is -0.137. The number of benzene rings is 1. The van der Waals surface area contributed by atoms with Crippen molar-refractivity contribution in [2.75, 3.05) is 5.32 Å². The number of halogens is 3. The van der Waals surface area contributed by atoms with E-state index in [0.29, 0.717) is 10.6 Å². The number of nitrogens with zero attached hydrogens (tertiary/aromatic N) is 1. The van der Waals surface area contributed by atoms with E-state index in [2.05, 4.69) is 17.2 Å². The zero-order valence-electron chi connectivity index (χ0n) is 10.3. The van der Waals surface area contributed by atoms with Crippen LogP contribution in [-0.2, 0) is 6.18 Å². The summed E-state index contributed by atoms with van der Waals surface area (Å²) in [6.45, 7) is 2.11. The molecule has 0 spiro atoms. The quantitative estimate of drug-likeness (QED) is 0.867. The molecule has 1 aromatic heterocycles. The van der Waals surface area contributed by atoms with E-state index in [0.717, 1.165) is 29.7 Å². The fourth-order valence-corrected chi connectivity index (χ4v) is 3.24. The van der Waals surface area contributed by atoms with Crippen LogP contribution in [-0.4, -0.2) is 10.5 Å². The maximum absolute atomic E-state index is 12.6. The van der Waals surface area contributed by atoms with Gasteiger partial charge in [-0.2, -0.15) is 13.2 Å². The largest absolute Gasteiger partial charge is 0.416 e. The molecule has 0 radical (unpaired) electrons. The smallest absolute Gasteiger partial charge is 0.356 e. The number of anilines is 1. The molecule has 1 aliphatic carbocycles. The molecule has 0 atom stereocenters. The monoisotopic (exact) mass is 286 g/mol. The number of alkyl halides is 3. The van der Waals surface area contributed by atoms with E-state index in [9.17, 15) is 13.2 Å². The summed E-state index contributed by atoms with van der Waals surface area (Å²) in [5.41, 5.74) is -0.183. The summed E-state index contributed by atoms with van der Waals surface area (Å²) in [6, 6.07) is 3.71. The molecule has 3 rings (SSSR count). The van der Waals surface area contributed by atoms with Crippen LogP contribution >= 0.6 is 11.3 Å². The second kappa shape index (κ2) is 4.10. The van der Waals surface area contributed by atoms with E-state index < -0.39 is 11.7 Å². The molecule has 2 nitrogen and oxygen atoms in total. The molecule has 0 amide bonds. The third kappa shape index (κ3) is 2.41. The molecule has 1 aliphatic rings. The van der Waals surface area contributed by atoms with Gasteiger partial charge < -0.3 is 5.32 Å². The summed E-state index contributed by atoms with van der Waals surface area (Å²) in [4.78, 5) is 4.26. The van der Waals surface area contributed by atoms with Gasteiger partial charge in [-0.1, -0.05) is 11.3 Å². The molecule has 1 aromatic carbocycles. The van der Waals surface area contributed by atoms with Gasteiger partial charge in [-0.3, -0.25) is 0 Å². The second-order valence-corrected chi connectivity index (χ2v) is 6.27. The van der Waals surface area contributed by atoms with Crippen LogP contribution in [0.4, 0.5) is 18.3 Å². The molecule has 1 heterocycles. The third-order valence-electron chi connectivity index (χ3n) is 3.58. The summed E-state index contributed by atoms with van der Waals surface area (Å²) in [7, 11) is 0. The Kier molecular flexibility index (Phi) is 2.74. The van der Waals surface area contributed by atoms with Crippen LogP contribution in [0.25, 0.3) is 10.2 Å². The van der Waals surface area contributed by atoms with Gasteiger partial charge in [0.25, 0.3) is 0 Å². The normalized spacial score (nSPS) is 18.3. The highest BCUT2D eigenvalue weighted by Gasteiger charge is 2.33. The van der Waals surface area contributed by atoms with Crippen LogP contribution in [0.15, 0.2) is 18.2 Å². The first-order chi connectivity index (χ1) is 8.86. The van der Waals surface area contributed by atoms with Crippen molar-refractivity contribution in [1.29, 1.82) is 0 Å². The molecule has 19 heavy (non-hydrogen) atoms. The van der Waals surface area contributed by atoms with Gasteiger partial charge in [0.2, 0.25) is 0 Å². The molecular formula is C13H13F3N2S. The Hall–Kier alpha value is -1.30. The van der Waals surface area contributed by atoms with Gasteiger partial charge in [0.05, 0.1) is 15.8 Å². The summed E-state index contributed by atoms with van der Waals surface area (Å²) < 4.78 is 38.6. The average molecular weight is 286 g/mol. The van der Waals surface area contributed by atoms with E-state index in [1.165, 1.54) is 23.8 Å². The van der Waals surface area contributed by atoms with Gasteiger partial charge in [-0.25, -0.2) is 4.98 Å². The predicted octanol–water partition coefficient (Wildman–Crippen LogP) is 4.67. The highest BCUT2D eigenvalue weighted by atomic mass is 32.1. The zero-order chi connectivity index (χ0) is 13.7. The van der Waals surface area contributed by atoms with Crippen molar-refractivity contribution in [2.45, 2.75) is 37.9 Å². The molecule has 2 aromatic rings. The second-order valence-electron chi connectivity index (χ2n) is 5.24. The van der Waals surface area contributed by atoms with Gasteiger partial charge in [0.15, 0.2) is 5.13 Å². The fraction of sp³-hybridized carbons (Fsp3) is 0.462. The van der Waals surface area contributed by atoms with Gasteiger partial charge >= 0.3 is 6.18 Å². The Morgan fingerprint density at radius 1 is 1.32 bits per heavy atom. The van der Waals surface area contributed by atoms with Gasteiger partial charge in [-0.15, -0.1) is 0 Å². The Bertz CT molecular complexity index is 614. The zero-order valence-corrected chi connectivity index (χ0v) is 11.2. The highest BCUT2D eigenvalue weighted by molar-refractivity contribution is 7.22. The number of thiazole rings is 1. The molecule has 1 fully saturated rings. The maximum Gasteiger partial charge on any atom is 0.416 e. The van der Waals surface area contributed by atoms with Crippen molar-refractivity contribution < 1.29 is 13.2 Å². The molecule has 1 N–H and O–H groups in total. The lowest BCUT2D eigenvalue weighted by Gasteiger charge is -2.39. The van der Waals surface area contributed by atoms with Crippen molar-refractivity contribution in [2.24, 2.45) is 0 Å². The highest BCUT2D eigenvalue weighted by Crippen LogP contribution is 2.38.